The van der Waals surface area contributed by atoms with Crippen LogP contribution < -0.4 is 4.90 Å². The Bertz CT molecular complexity index is 1090. The zero-order valence-electron chi connectivity index (χ0n) is 14.1. The third kappa shape index (κ3) is 2.09. The van der Waals surface area contributed by atoms with Crippen molar-refractivity contribution in [2.75, 3.05) is 4.90 Å². The second-order valence-corrected chi connectivity index (χ2v) is 8.17. The number of amides is 2. The summed E-state index contributed by atoms with van der Waals surface area (Å²) < 4.78 is 0. The van der Waals surface area contributed by atoms with Gasteiger partial charge in [0.1, 0.15) is 0 Å². The Morgan fingerprint density at radius 2 is 1.32 bits per heavy atom. The van der Waals surface area contributed by atoms with Gasteiger partial charge in [0, 0.05) is 34.8 Å². The van der Waals surface area contributed by atoms with E-state index in [1.54, 1.807) is 6.07 Å². The van der Waals surface area contributed by atoms with Gasteiger partial charge < -0.3 is 0 Å². The van der Waals surface area contributed by atoms with Gasteiger partial charge in [0.2, 0.25) is 11.8 Å². The van der Waals surface area contributed by atoms with E-state index in [0.29, 0.717) is 5.69 Å². The van der Waals surface area contributed by atoms with Crippen LogP contribution in [-0.2, 0) is 9.59 Å². The molecule has 0 aliphatic carbocycles. The Morgan fingerprint density at radius 3 is 1.89 bits per heavy atom. The second kappa shape index (κ2) is 5.61. The molecule has 3 aliphatic heterocycles. The number of rotatable bonds is 3. The molecule has 9 nitrogen and oxygen atoms in total. The molecule has 0 unspecified atom stereocenters. The summed E-state index contributed by atoms with van der Waals surface area (Å²) in [6.07, 6.45) is 0. The maximum atomic E-state index is 13.1. The van der Waals surface area contributed by atoms with Gasteiger partial charge in [0.15, 0.2) is 0 Å². The monoisotopic (exact) mass is 397 g/mol. The summed E-state index contributed by atoms with van der Waals surface area (Å²) in [6.45, 7) is 0. The number of nitro benzene ring substituents is 2. The predicted molar refractivity (Wildman–Crippen MR) is 98.7 cm³/mol. The number of benzene rings is 2. The summed E-state index contributed by atoms with van der Waals surface area (Å²) in [7, 11) is 0. The second-order valence-electron chi connectivity index (χ2n) is 6.88. The van der Waals surface area contributed by atoms with Crippen molar-refractivity contribution in [2.24, 2.45) is 11.8 Å². The van der Waals surface area contributed by atoms with Crippen molar-refractivity contribution in [1.29, 1.82) is 0 Å². The average molecular weight is 397 g/mol. The number of fused-ring (bicyclic) bond motifs is 8. The lowest BCUT2D eigenvalue weighted by Crippen LogP contribution is -2.31. The summed E-state index contributed by atoms with van der Waals surface area (Å²) in [5.41, 5.74) is 1.76. The van der Waals surface area contributed by atoms with Crippen LogP contribution in [0.25, 0.3) is 0 Å². The maximum Gasteiger partial charge on any atom is 0.269 e. The number of thioether (sulfide) groups is 1. The molecule has 0 spiro atoms. The van der Waals surface area contributed by atoms with Gasteiger partial charge in [-0.2, -0.15) is 0 Å². The largest absolute Gasteiger partial charge is 0.274 e. The van der Waals surface area contributed by atoms with Crippen LogP contribution in [0.1, 0.15) is 21.6 Å². The van der Waals surface area contributed by atoms with Gasteiger partial charge in [-0.1, -0.05) is 6.07 Å². The molecule has 4 atom stereocenters. The standard InChI is InChI=1S/C18H11N3O6S/c22-17-13-14(18(23)19(17)8-1-3-9(4-2-8)20(24)25)16-12-7-10(21(26)27)5-6-11(12)15(13)28-16/h1-7,13-16H/t13-,14+,15-,16+/m0/s1. The molecule has 0 N–H and O–H groups in total. The SMILES string of the molecule is O=C1[C@@H]2[C@H](C(=O)N1c1ccc([N+](=O)[O-])cc1)[C@H]1S[C@@H]2c2cc([N+](=O)[O-])ccc21. The van der Waals surface area contributed by atoms with Crippen molar-refractivity contribution >= 4 is 40.6 Å². The van der Waals surface area contributed by atoms with E-state index in [1.807, 2.05) is 0 Å². The minimum Gasteiger partial charge on any atom is -0.274 e. The Labute approximate surface area is 161 Å². The summed E-state index contributed by atoms with van der Waals surface area (Å²) in [5.74, 6) is -1.78. The van der Waals surface area contributed by atoms with Crippen LogP contribution >= 0.6 is 11.8 Å². The number of nitro groups is 2. The van der Waals surface area contributed by atoms with Crippen LogP contribution in [0.5, 0.6) is 0 Å². The Balaban J connectivity index is 1.53. The lowest BCUT2D eigenvalue weighted by atomic mass is 9.77. The van der Waals surface area contributed by atoms with Gasteiger partial charge in [0.05, 0.1) is 27.4 Å². The maximum absolute atomic E-state index is 13.1. The highest BCUT2D eigenvalue weighted by atomic mass is 32.2. The average Bonchev–Trinajstić information content (AvgIpc) is 3.31. The first kappa shape index (κ1) is 16.9. The molecule has 0 radical (unpaired) electrons. The first-order valence-corrected chi connectivity index (χ1v) is 9.38. The molecular formula is C18H11N3O6S. The fourth-order valence-corrected chi connectivity index (χ4v) is 6.31. The van der Waals surface area contributed by atoms with Crippen molar-refractivity contribution in [1.82, 2.24) is 0 Å². The van der Waals surface area contributed by atoms with Gasteiger partial charge in [-0.25, -0.2) is 4.90 Å². The summed E-state index contributed by atoms with van der Waals surface area (Å²) >= 11 is 1.50. The van der Waals surface area contributed by atoms with Gasteiger partial charge in [-0.15, -0.1) is 11.8 Å². The third-order valence-corrected chi connectivity index (χ3v) is 7.24. The summed E-state index contributed by atoms with van der Waals surface area (Å²) in [6, 6.07) is 9.88. The van der Waals surface area contributed by atoms with Crippen LogP contribution in [0.15, 0.2) is 42.5 Å². The zero-order valence-corrected chi connectivity index (χ0v) is 14.9. The molecule has 2 fully saturated rings. The van der Waals surface area contributed by atoms with E-state index in [9.17, 15) is 29.8 Å². The molecule has 2 saturated heterocycles. The fourth-order valence-electron chi connectivity index (χ4n) is 4.37. The van der Waals surface area contributed by atoms with Gasteiger partial charge >= 0.3 is 0 Å². The van der Waals surface area contributed by atoms with E-state index in [1.165, 1.54) is 48.2 Å². The summed E-state index contributed by atoms with van der Waals surface area (Å²) in [5, 5.41) is 21.4. The topological polar surface area (TPSA) is 124 Å². The van der Waals surface area contributed by atoms with Crippen LogP contribution in [0.3, 0.4) is 0 Å². The number of carbonyl (C=O) groups excluding carboxylic acids is 2. The van der Waals surface area contributed by atoms with E-state index >= 15 is 0 Å². The quantitative estimate of drug-likeness (QED) is 0.443. The molecule has 3 heterocycles. The number of non-ortho nitro benzene ring substituents is 2. The minimum atomic E-state index is -0.577. The summed E-state index contributed by atoms with van der Waals surface area (Å²) in [4.78, 5) is 48.1. The fraction of sp³-hybridized carbons (Fsp3) is 0.222. The van der Waals surface area contributed by atoms with Crippen molar-refractivity contribution in [3.05, 3.63) is 73.8 Å². The normalized spacial score (nSPS) is 27.1. The molecule has 140 valence electrons. The number of carbonyl (C=O) groups is 2. The molecule has 2 aromatic carbocycles. The van der Waals surface area contributed by atoms with Crippen LogP contribution in [-0.4, -0.2) is 21.7 Å². The smallest absolute Gasteiger partial charge is 0.269 e. The van der Waals surface area contributed by atoms with Gasteiger partial charge in [-0.3, -0.25) is 29.8 Å². The Kier molecular flexibility index (Phi) is 3.38. The first-order valence-electron chi connectivity index (χ1n) is 8.44. The molecule has 5 rings (SSSR count). The van der Waals surface area contributed by atoms with Crippen molar-refractivity contribution in [3.8, 4) is 0 Å². The number of nitrogens with zero attached hydrogens (tertiary/aromatic N) is 3. The van der Waals surface area contributed by atoms with Crippen LogP contribution in [0.2, 0.25) is 0 Å². The van der Waals surface area contributed by atoms with E-state index < -0.39 is 21.7 Å². The molecule has 2 amide bonds. The van der Waals surface area contributed by atoms with Crippen LogP contribution in [0, 0.1) is 32.1 Å². The third-order valence-electron chi connectivity index (χ3n) is 5.56. The van der Waals surface area contributed by atoms with E-state index in [4.69, 9.17) is 0 Å². The van der Waals surface area contributed by atoms with Crippen molar-refractivity contribution < 1.29 is 19.4 Å². The molecule has 3 aliphatic rings. The first-order chi connectivity index (χ1) is 13.4. The highest BCUT2D eigenvalue weighted by molar-refractivity contribution is 8.00. The van der Waals surface area contributed by atoms with Crippen molar-refractivity contribution in [3.63, 3.8) is 0 Å². The minimum absolute atomic E-state index is 0.0348. The zero-order chi connectivity index (χ0) is 19.7. The molecule has 2 aromatic rings. The molecule has 28 heavy (non-hydrogen) atoms. The van der Waals surface area contributed by atoms with Crippen molar-refractivity contribution in [2.45, 2.75) is 10.5 Å². The molecular weight excluding hydrogens is 386 g/mol. The number of anilines is 1. The van der Waals surface area contributed by atoms with E-state index in [0.717, 1.165) is 16.0 Å². The molecule has 2 bridgehead atoms. The number of imide groups is 1. The Hall–Kier alpha value is -3.27. The molecule has 10 heteroatoms. The lowest BCUT2D eigenvalue weighted by Gasteiger charge is -2.21. The number of hydrogen-bond donors (Lipinski definition) is 0. The van der Waals surface area contributed by atoms with E-state index in [2.05, 4.69) is 0 Å². The Morgan fingerprint density at radius 1 is 0.786 bits per heavy atom. The van der Waals surface area contributed by atoms with Gasteiger partial charge in [0.25, 0.3) is 11.4 Å². The number of hydrogen-bond acceptors (Lipinski definition) is 7. The highest BCUT2D eigenvalue weighted by Crippen LogP contribution is 2.69. The highest BCUT2D eigenvalue weighted by Gasteiger charge is 2.64. The molecule has 0 aromatic heterocycles. The van der Waals surface area contributed by atoms with Gasteiger partial charge in [-0.05, 0) is 23.3 Å². The predicted octanol–water partition coefficient (Wildman–Crippen LogP) is 3.15. The lowest BCUT2D eigenvalue weighted by molar-refractivity contribution is -0.385. The molecule has 0 saturated carbocycles. The van der Waals surface area contributed by atoms with Crippen LogP contribution in [0.4, 0.5) is 17.1 Å². The van der Waals surface area contributed by atoms with E-state index in [-0.39, 0.29) is 33.7 Å².